The van der Waals surface area contributed by atoms with Gasteiger partial charge in [-0.3, -0.25) is 9.59 Å². The molecule has 61 valence electrons. The third-order valence-electron chi connectivity index (χ3n) is 1.65. The van der Waals surface area contributed by atoms with Crippen LogP contribution < -0.4 is 0 Å². The van der Waals surface area contributed by atoms with E-state index in [0.717, 1.165) is 0 Å². The van der Waals surface area contributed by atoms with E-state index in [2.05, 4.69) is 11.7 Å². The van der Waals surface area contributed by atoms with Crippen LogP contribution in [0.5, 0.6) is 0 Å². The van der Waals surface area contributed by atoms with E-state index in [4.69, 9.17) is 0 Å². The van der Waals surface area contributed by atoms with Crippen LogP contribution in [0.15, 0.2) is 0 Å². The van der Waals surface area contributed by atoms with Crippen molar-refractivity contribution in [1.82, 2.24) is 0 Å². The van der Waals surface area contributed by atoms with Crippen LogP contribution in [0.2, 0.25) is 0 Å². The summed E-state index contributed by atoms with van der Waals surface area (Å²) in [6, 6.07) is 0. The van der Waals surface area contributed by atoms with Crippen molar-refractivity contribution < 1.29 is 14.3 Å². The van der Waals surface area contributed by atoms with Gasteiger partial charge < -0.3 is 4.74 Å². The normalized spacial score (nSPS) is 24.5. The Morgan fingerprint density at radius 1 is 1.73 bits per heavy atom. The first-order chi connectivity index (χ1) is 5.09. The zero-order valence-electron chi connectivity index (χ0n) is 6.50. The minimum Gasteiger partial charge on any atom is -0.393 e. The van der Waals surface area contributed by atoms with Gasteiger partial charge in [0.05, 0.1) is 12.3 Å². The molecule has 0 aromatic heterocycles. The lowest BCUT2D eigenvalue weighted by Crippen LogP contribution is -2.10. The van der Waals surface area contributed by atoms with Gasteiger partial charge in [-0.05, 0) is 12.3 Å². The van der Waals surface area contributed by atoms with Crippen LogP contribution in [0.25, 0.3) is 0 Å². The van der Waals surface area contributed by atoms with Crippen LogP contribution >= 0.6 is 0 Å². The van der Waals surface area contributed by atoms with Crippen molar-refractivity contribution in [2.75, 3.05) is 0 Å². The molecular formula is C8H11O3. The fourth-order valence-corrected chi connectivity index (χ4v) is 1.19. The minimum absolute atomic E-state index is 0.193. The summed E-state index contributed by atoms with van der Waals surface area (Å²) in [5, 5.41) is 0. The van der Waals surface area contributed by atoms with E-state index in [-0.39, 0.29) is 24.2 Å². The first-order valence-corrected chi connectivity index (χ1v) is 3.67. The molecule has 3 heteroatoms. The van der Waals surface area contributed by atoms with Gasteiger partial charge in [0.1, 0.15) is 0 Å². The molecule has 0 aromatic carbocycles. The third-order valence-corrected chi connectivity index (χ3v) is 1.65. The van der Waals surface area contributed by atoms with Crippen LogP contribution in [0.4, 0.5) is 0 Å². The lowest BCUT2D eigenvalue weighted by atomic mass is 9.96. The Bertz CT molecular complexity index is 184. The zero-order chi connectivity index (χ0) is 8.43. The van der Waals surface area contributed by atoms with Crippen molar-refractivity contribution >= 4 is 11.9 Å². The molecule has 1 saturated heterocycles. The molecule has 0 saturated carbocycles. The number of ether oxygens (including phenoxy) is 1. The highest BCUT2D eigenvalue weighted by Gasteiger charge is 2.33. The SMILES string of the molecule is [CH2]C(C)CC1CC(=O)OC1=O. The Morgan fingerprint density at radius 2 is 2.36 bits per heavy atom. The molecule has 0 amide bonds. The molecular weight excluding hydrogens is 144 g/mol. The molecule has 1 aliphatic heterocycles. The van der Waals surface area contributed by atoms with E-state index in [0.29, 0.717) is 6.42 Å². The van der Waals surface area contributed by atoms with Crippen molar-refractivity contribution in [3.63, 3.8) is 0 Å². The van der Waals surface area contributed by atoms with Gasteiger partial charge in [0.15, 0.2) is 0 Å². The van der Waals surface area contributed by atoms with Crippen LogP contribution in [0.3, 0.4) is 0 Å². The van der Waals surface area contributed by atoms with E-state index in [9.17, 15) is 9.59 Å². The number of esters is 2. The Kier molecular flexibility index (Phi) is 2.27. The minimum atomic E-state index is -0.402. The van der Waals surface area contributed by atoms with Crippen molar-refractivity contribution in [2.45, 2.75) is 19.8 Å². The largest absolute Gasteiger partial charge is 0.393 e. The second kappa shape index (κ2) is 3.03. The number of hydrogen-bond donors (Lipinski definition) is 0. The van der Waals surface area contributed by atoms with Crippen molar-refractivity contribution in [3.8, 4) is 0 Å². The second-order valence-corrected chi connectivity index (χ2v) is 3.04. The van der Waals surface area contributed by atoms with Crippen LogP contribution in [0.1, 0.15) is 19.8 Å². The van der Waals surface area contributed by atoms with Gasteiger partial charge in [0.25, 0.3) is 0 Å². The molecule has 0 aliphatic carbocycles. The molecule has 1 radical (unpaired) electrons. The van der Waals surface area contributed by atoms with Gasteiger partial charge in [-0.15, -0.1) is 0 Å². The average Bonchev–Trinajstić information content (AvgIpc) is 2.09. The average molecular weight is 155 g/mol. The summed E-state index contributed by atoms with van der Waals surface area (Å²) in [7, 11) is 0. The lowest BCUT2D eigenvalue weighted by molar-refractivity contribution is -0.153. The molecule has 0 bridgehead atoms. The van der Waals surface area contributed by atoms with Gasteiger partial charge in [0, 0.05) is 0 Å². The monoisotopic (exact) mass is 155 g/mol. The standard InChI is InChI=1S/C8H11O3/c1-5(2)3-6-4-7(9)11-8(6)10/h5-6H,1,3-4H2,2H3. The molecule has 0 aromatic rings. The Balaban J connectivity index is 2.47. The summed E-state index contributed by atoms with van der Waals surface area (Å²) in [6.07, 6.45) is 0.878. The molecule has 0 spiro atoms. The summed E-state index contributed by atoms with van der Waals surface area (Å²) in [5.74, 6) is -0.834. The predicted molar refractivity (Wildman–Crippen MR) is 38.3 cm³/mol. The topological polar surface area (TPSA) is 43.4 Å². The molecule has 1 rings (SSSR count). The van der Waals surface area contributed by atoms with Gasteiger partial charge in [-0.25, -0.2) is 0 Å². The smallest absolute Gasteiger partial charge is 0.317 e. The van der Waals surface area contributed by atoms with Gasteiger partial charge in [-0.2, -0.15) is 0 Å². The van der Waals surface area contributed by atoms with E-state index < -0.39 is 5.97 Å². The number of hydrogen-bond acceptors (Lipinski definition) is 3. The molecule has 1 aliphatic rings. The quantitative estimate of drug-likeness (QED) is 0.440. The first-order valence-electron chi connectivity index (χ1n) is 3.67. The molecule has 11 heavy (non-hydrogen) atoms. The predicted octanol–water partition coefficient (Wildman–Crippen LogP) is 0.936. The maximum absolute atomic E-state index is 10.8. The second-order valence-electron chi connectivity index (χ2n) is 3.04. The van der Waals surface area contributed by atoms with Crippen LogP contribution in [-0.4, -0.2) is 11.9 Å². The fraction of sp³-hybridized carbons (Fsp3) is 0.625. The van der Waals surface area contributed by atoms with Crippen molar-refractivity contribution in [2.24, 2.45) is 11.8 Å². The molecule has 1 heterocycles. The summed E-state index contributed by atoms with van der Waals surface area (Å²) < 4.78 is 4.37. The molecule has 2 atom stereocenters. The zero-order valence-corrected chi connectivity index (χ0v) is 6.50. The number of rotatable bonds is 2. The van der Waals surface area contributed by atoms with Crippen LogP contribution in [0, 0.1) is 18.8 Å². The lowest BCUT2D eigenvalue weighted by Gasteiger charge is -2.05. The maximum atomic E-state index is 10.8. The first kappa shape index (κ1) is 8.24. The number of carbonyl (C=O) groups is 2. The van der Waals surface area contributed by atoms with E-state index >= 15 is 0 Å². The van der Waals surface area contributed by atoms with E-state index in [1.165, 1.54) is 0 Å². The highest BCUT2D eigenvalue weighted by molar-refractivity contribution is 5.94. The molecule has 1 fully saturated rings. The molecule has 0 N–H and O–H groups in total. The molecule has 3 nitrogen and oxygen atoms in total. The summed E-state index contributed by atoms with van der Waals surface area (Å²) >= 11 is 0. The van der Waals surface area contributed by atoms with Crippen molar-refractivity contribution in [3.05, 3.63) is 6.92 Å². The highest BCUT2D eigenvalue weighted by Crippen LogP contribution is 2.22. The Morgan fingerprint density at radius 3 is 2.73 bits per heavy atom. The summed E-state index contributed by atoms with van der Waals surface area (Å²) in [6.45, 7) is 5.66. The number of cyclic esters (lactones) is 2. The Hall–Kier alpha value is -0.860. The fourth-order valence-electron chi connectivity index (χ4n) is 1.19. The highest BCUT2D eigenvalue weighted by atomic mass is 16.6. The van der Waals surface area contributed by atoms with Gasteiger partial charge in [-0.1, -0.05) is 13.8 Å². The van der Waals surface area contributed by atoms with E-state index in [1.807, 2.05) is 6.92 Å². The van der Waals surface area contributed by atoms with Gasteiger partial charge in [0.2, 0.25) is 0 Å². The summed E-state index contributed by atoms with van der Waals surface area (Å²) in [5.41, 5.74) is 0. The van der Waals surface area contributed by atoms with Crippen LogP contribution in [-0.2, 0) is 14.3 Å². The number of carbonyl (C=O) groups excluding carboxylic acids is 2. The summed E-state index contributed by atoms with van der Waals surface area (Å²) in [4.78, 5) is 21.4. The van der Waals surface area contributed by atoms with Crippen molar-refractivity contribution in [1.29, 1.82) is 0 Å². The third kappa shape index (κ3) is 2.03. The van der Waals surface area contributed by atoms with E-state index in [1.54, 1.807) is 0 Å². The maximum Gasteiger partial charge on any atom is 0.317 e. The molecule has 2 unspecified atom stereocenters. The van der Waals surface area contributed by atoms with Gasteiger partial charge >= 0.3 is 11.9 Å². The Labute approximate surface area is 65.7 Å².